The SMILES string of the molecule is Cc1cc2nc(C)n(CC(=O)N3CC[C@](C)(O)[C@@H](n4cnc5c4c(=O)n(C)c(=O)n5C)C3)c2cc1C. The van der Waals surface area contributed by atoms with Crippen molar-refractivity contribution in [3.05, 3.63) is 56.2 Å². The third-order valence-corrected chi connectivity index (χ3v) is 7.71. The number of imidazole rings is 2. The Labute approximate surface area is 207 Å². The highest BCUT2D eigenvalue weighted by atomic mass is 16.3. The van der Waals surface area contributed by atoms with E-state index < -0.39 is 22.9 Å². The summed E-state index contributed by atoms with van der Waals surface area (Å²) in [6.45, 7) is 8.38. The third kappa shape index (κ3) is 3.57. The van der Waals surface area contributed by atoms with Gasteiger partial charge in [0.25, 0.3) is 5.56 Å². The van der Waals surface area contributed by atoms with Crippen molar-refractivity contribution in [2.75, 3.05) is 13.1 Å². The van der Waals surface area contributed by atoms with Crippen LogP contribution in [0.4, 0.5) is 0 Å². The quantitative estimate of drug-likeness (QED) is 0.453. The largest absolute Gasteiger partial charge is 0.388 e. The molecule has 0 saturated carbocycles. The zero-order chi connectivity index (χ0) is 26.1. The summed E-state index contributed by atoms with van der Waals surface area (Å²) in [5.74, 6) is 0.662. The summed E-state index contributed by atoms with van der Waals surface area (Å²) in [4.78, 5) is 49.5. The number of rotatable bonds is 3. The molecule has 3 aromatic heterocycles. The maximum absolute atomic E-state index is 13.5. The summed E-state index contributed by atoms with van der Waals surface area (Å²) < 4.78 is 5.87. The number of hydrogen-bond donors (Lipinski definition) is 1. The van der Waals surface area contributed by atoms with Gasteiger partial charge in [0.2, 0.25) is 5.91 Å². The second kappa shape index (κ2) is 8.16. The fourth-order valence-corrected chi connectivity index (χ4v) is 5.17. The molecule has 0 aliphatic carbocycles. The first-order valence-electron chi connectivity index (χ1n) is 12.0. The van der Waals surface area contributed by atoms with Crippen molar-refractivity contribution in [3.8, 4) is 0 Å². The summed E-state index contributed by atoms with van der Waals surface area (Å²) in [7, 11) is 2.97. The van der Waals surface area contributed by atoms with Crippen LogP contribution in [0.15, 0.2) is 28.0 Å². The van der Waals surface area contributed by atoms with Gasteiger partial charge in [-0.1, -0.05) is 0 Å². The Morgan fingerprint density at radius 1 is 1.14 bits per heavy atom. The molecule has 1 N–H and O–H groups in total. The molecule has 0 bridgehead atoms. The van der Waals surface area contributed by atoms with Gasteiger partial charge in [0, 0.05) is 27.2 Å². The predicted octanol–water partition coefficient (Wildman–Crippen LogP) is 0.933. The van der Waals surface area contributed by atoms with Crippen LogP contribution in [0.5, 0.6) is 0 Å². The Kier molecular flexibility index (Phi) is 5.43. The molecule has 190 valence electrons. The van der Waals surface area contributed by atoms with Gasteiger partial charge >= 0.3 is 5.69 Å². The Balaban J connectivity index is 1.50. The zero-order valence-electron chi connectivity index (χ0n) is 21.4. The van der Waals surface area contributed by atoms with Crippen molar-refractivity contribution in [1.82, 2.24) is 33.1 Å². The molecular weight excluding hydrogens is 462 g/mol. The zero-order valence-corrected chi connectivity index (χ0v) is 21.4. The van der Waals surface area contributed by atoms with Crippen molar-refractivity contribution >= 4 is 28.1 Å². The summed E-state index contributed by atoms with van der Waals surface area (Å²) in [5, 5.41) is 11.3. The number of benzene rings is 1. The average molecular weight is 494 g/mol. The first-order chi connectivity index (χ1) is 16.9. The molecule has 11 heteroatoms. The smallest absolute Gasteiger partial charge is 0.332 e. The van der Waals surface area contributed by atoms with Gasteiger partial charge in [0.05, 0.1) is 29.0 Å². The van der Waals surface area contributed by atoms with Crippen molar-refractivity contribution in [3.63, 3.8) is 0 Å². The Morgan fingerprint density at radius 3 is 2.56 bits per heavy atom. The van der Waals surface area contributed by atoms with Gasteiger partial charge in [-0.15, -0.1) is 0 Å². The highest BCUT2D eigenvalue weighted by molar-refractivity contribution is 5.82. The third-order valence-electron chi connectivity index (χ3n) is 7.71. The number of aromatic nitrogens is 6. The number of amides is 1. The molecule has 4 aromatic rings. The molecule has 1 fully saturated rings. The number of aryl methyl sites for hydroxylation is 4. The molecule has 1 amide bonds. The molecular formula is C25H31N7O4. The highest BCUT2D eigenvalue weighted by Gasteiger charge is 2.41. The molecule has 1 aliphatic heterocycles. The number of likely N-dealkylation sites (tertiary alicyclic amines) is 1. The van der Waals surface area contributed by atoms with E-state index in [0.717, 1.165) is 32.6 Å². The molecule has 11 nitrogen and oxygen atoms in total. The molecule has 0 radical (unpaired) electrons. The fourth-order valence-electron chi connectivity index (χ4n) is 5.17. The number of piperidine rings is 1. The first-order valence-corrected chi connectivity index (χ1v) is 12.0. The van der Waals surface area contributed by atoms with E-state index in [1.165, 1.54) is 17.9 Å². The minimum absolute atomic E-state index is 0.0964. The predicted molar refractivity (Wildman–Crippen MR) is 135 cm³/mol. The van der Waals surface area contributed by atoms with Crippen LogP contribution in [0.3, 0.4) is 0 Å². The second-order valence-corrected chi connectivity index (χ2v) is 10.2. The highest BCUT2D eigenvalue weighted by Crippen LogP contribution is 2.33. The van der Waals surface area contributed by atoms with E-state index >= 15 is 0 Å². The topological polar surface area (TPSA) is 120 Å². The van der Waals surface area contributed by atoms with Crippen molar-refractivity contribution in [2.45, 2.75) is 52.3 Å². The minimum atomic E-state index is -1.18. The molecule has 4 heterocycles. The lowest BCUT2D eigenvalue weighted by molar-refractivity contribution is -0.138. The van der Waals surface area contributed by atoms with Crippen molar-refractivity contribution < 1.29 is 9.90 Å². The molecule has 1 aliphatic rings. The van der Waals surface area contributed by atoms with Gasteiger partial charge in [0.15, 0.2) is 11.2 Å². The van der Waals surface area contributed by atoms with Gasteiger partial charge in [-0.3, -0.25) is 18.7 Å². The van der Waals surface area contributed by atoms with Crippen LogP contribution in [0.1, 0.15) is 36.3 Å². The van der Waals surface area contributed by atoms with E-state index in [0.29, 0.717) is 13.0 Å². The number of aliphatic hydroxyl groups is 1. The van der Waals surface area contributed by atoms with E-state index in [1.54, 1.807) is 23.4 Å². The maximum Gasteiger partial charge on any atom is 0.332 e. The van der Waals surface area contributed by atoms with Crippen molar-refractivity contribution in [1.29, 1.82) is 0 Å². The summed E-state index contributed by atoms with van der Waals surface area (Å²) in [5.41, 5.74) is 2.37. The number of carbonyl (C=O) groups is 1. The molecule has 1 saturated heterocycles. The Morgan fingerprint density at radius 2 is 1.83 bits per heavy atom. The van der Waals surface area contributed by atoms with Crippen LogP contribution in [-0.2, 0) is 25.4 Å². The standard InChI is InChI=1S/C25H31N7O4/c1-14-9-17-18(10-15(14)2)31(16(3)27-17)12-20(33)30-8-7-25(4,36)19(11-30)32-13-26-22-21(32)23(34)29(6)24(35)28(22)5/h9-10,13,19,36H,7-8,11-12H2,1-6H3/t19-,25-/m0/s1. The van der Waals surface area contributed by atoms with Gasteiger partial charge in [0.1, 0.15) is 12.4 Å². The van der Waals surface area contributed by atoms with Crippen LogP contribution in [0.2, 0.25) is 0 Å². The number of fused-ring (bicyclic) bond motifs is 2. The van der Waals surface area contributed by atoms with Crippen LogP contribution >= 0.6 is 0 Å². The molecule has 0 unspecified atom stereocenters. The van der Waals surface area contributed by atoms with Crippen LogP contribution in [0, 0.1) is 20.8 Å². The van der Waals surface area contributed by atoms with Crippen LogP contribution in [-0.4, -0.2) is 62.8 Å². The Bertz CT molecular complexity index is 1650. The van der Waals surface area contributed by atoms with Gasteiger partial charge in [-0.2, -0.15) is 0 Å². The lowest BCUT2D eigenvalue weighted by Gasteiger charge is -2.43. The lowest BCUT2D eigenvalue weighted by atomic mass is 9.88. The molecule has 5 rings (SSSR count). The normalized spacial score (nSPS) is 20.5. The Hall–Kier alpha value is -3.73. The molecule has 0 spiro atoms. The van der Waals surface area contributed by atoms with Crippen LogP contribution < -0.4 is 11.2 Å². The summed E-state index contributed by atoms with van der Waals surface area (Å²) >= 11 is 0. The fraction of sp³-hybridized carbons (Fsp3) is 0.480. The monoisotopic (exact) mass is 493 g/mol. The summed E-state index contributed by atoms with van der Waals surface area (Å²) in [6, 6.07) is 3.47. The van der Waals surface area contributed by atoms with Gasteiger partial charge in [-0.05, 0) is 57.4 Å². The molecule has 1 aromatic carbocycles. The average Bonchev–Trinajstić information content (AvgIpc) is 3.38. The van der Waals surface area contributed by atoms with E-state index in [9.17, 15) is 19.5 Å². The van der Waals surface area contributed by atoms with E-state index in [2.05, 4.69) is 16.0 Å². The number of hydrogen-bond acceptors (Lipinski definition) is 6. The number of carbonyl (C=O) groups excluding carboxylic acids is 1. The summed E-state index contributed by atoms with van der Waals surface area (Å²) in [6.07, 6.45) is 1.80. The first kappa shape index (κ1) is 24.0. The van der Waals surface area contributed by atoms with E-state index in [4.69, 9.17) is 0 Å². The minimum Gasteiger partial charge on any atom is -0.388 e. The van der Waals surface area contributed by atoms with E-state index in [-0.39, 0.29) is 30.2 Å². The van der Waals surface area contributed by atoms with Crippen molar-refractivity contribution in [2.24, 2.45) is 14.1 Å². The maximum atomic E-state index is 13.5. The molecule has 36 heavy (non-hydrogen) atoms. The van der Waals surface area contributed by atoms with Crippen LogP contribution in [0.25, 0.3) is 22.2 Å². The van der Waals surface area contributed by atoms with Gasteiger partial charge < -0.3 is 19.1 Å². The van der Waals surface area contributed by atoms with Gasteiger partial charge in [-0.25, -0.2) is 14.8 Å². The number of nitrogens with zero attached hydrogens (tertiary/aromatic N) is 7. The molecule has 2 atom stereocenters. The second-order valence-electron chi connectivity index (χ2n) is 10.2. The van der Waals surface area contributed by atoms with E-state index in [1.807, 2.05) is 31.4 Å². The lowest BCUT2D eigenvalue weighted by Crippen LogP contribution is -2.53.